The van der Waals surface area contributed by atoms with Gasteiger partial charge in [0.1, 0.15) is 165 Å². The maximum absolute atomic E-state index is 11.8. The van der Waals surface area contributed by atoms with Crippen LogP contribution in [0.1, 0.15) is 5.56 Å². The van der Waals surface area contributed by atoms with E-state index in [2.05, 4.69) is 0 Å². The number of aliphatic hydroxyl groups excluding tert-OH is 20. The van der Waals surface area contributed by atoms with Crippen molar-refractivity contribution in [2.45, 2.75) is 221 Å². The molecule has 35 unspecified atom stereocenters. The number of hydrogen-bond acceptors (Lipinski definition) is 35. The standard InChI is InChI=1S/C49H76O34S/c50-6-15-36-23(57)30(64)44(71-15)79-38-17(8-52)73-46(32(66)25(38)59)81-40-19(10-54)75-48(34(68)27(40)61)83-42-21(13-84-12-14-4-2-1-3-5-14)76-49(35(69)28(42)62)82-41-20(11-55)74-47(33(67)26(41)60)80-39-18(9-53)72-45(31(65)24(39)58)78-37-16(7-51)70-43(77-36)29(63)22(37)56/h1-5,15-69H,6-13H2. The van der Waals surface area contributed by atoms with Gasteiger partial charge in [-0.3, -0.25) is 0 Å². The van der Waals surface area contributed by atoms with Crippen molar-refractivity contribution >= 4 is 11.8 Å². The molecule has 0 spiro atoms. The van der Waals surface area contributed by atoms with Crippen LogP contribution < -0.4 is 0 Å². The third kappa shape index (κ3) is 13.6. The SMILES string of the molecule is OCC1OC2OC3C(CO)OC(OC4C(CO)OC(OC5C(CSCc6ccccc6)OC(OC6C(CO)OC(OC7C(CO)OC(OC8C(CO)OC(OC1C(O)C2O)C(O)C8O)C(O)C7O)C(O)C6O)C(O)C5O)C(O)C4O)C(O)C3O. The van der Waals surface area contributed by atoms with E-state index in [1.54, 1.807) is 18.2 Å². The highest BCUT2D eigenvalue weighted by Crippen LogP contribution is 2.39. The molecule has 22 rings (SSSR count). The molecule has 84 heavy (non-hydrogen) atoms. The van der Waals surface area contributed by atoms with E-state index in [1.165, 1.54) is 11.8 Å². The lowest BCUT2D eigenvalue weighted by Crippen LogP contribution is -2.68. The van der Waals surface area contributed by atoms with Gasteiger partial charge in [0.15, 0.2) is 44.0 Å². The minimum atomic E-state index is -2.20. The van der Waals surface area contributed by atoms with Crippen molar-refractivity contribution in [2.75, 3.05) is 45.4 Å². The molecule has 0 aliphatic carbocycles. The zero-order chi connectivity index (χ0) is 60.6. The highest BCUT2D eigenvalue weighted by Gasteiger charge is 2.59. The fourth-order valence-electron chi connectivity index (χ4n) is 11.3. The van der Waals surface area contributed by atoms with E-state index in [1.807, 2.05) is 12.1 Å². The van der Waals surface area contributed by atoms with Crippen LogP contribution in [0.15, 0.2) is 30.3 Å². The van der Waals surface area contributed by atoms with E-state index in [0.29, 0.717) is 5.75 Å². The molecule has 21 fully saturated rings. The Morgan fingerprint density at radius 3 is 0.643 bits per heavy atom. The van der Waals surface area contributed by atoms with Crippen LogP contribution in [0.2, 0.25) is 0 Å². The zero-order valence-corrected chi connectivity index (χ0v) is 45.1. The molecule has 1 aromatic rings. The molecule has 20 N–H and O–H groups in total. The first-order chi connectivity index (χ1) is 40.2. The Morgan fingerprint density at radius 1 is 0.250 bits per heavy atom. The van der Waals surface area contributed by atoms with Gasteiger partial charge < -0.3 is 168 Å². The molecular formula is C49H76O34S. The number of ether oxygens (including phenoxy) is 14. The molecule has 34 nitrogen and oxygen atoms in total. The summed E-state index contributed by atoms with van der Waals surface area (Å²) in [4.78, 5) is 0. The molecule has 0 radical (unpaired) electrons. The van der Waals surface area contributed by atoms with Crippen LogP contribution in [-0.2, 0) is 72.1 Å². The topological polar surface area (TPSA) is 534 Å². The van der Waals surface area contributed by atoms with Gasteiger partial charge in [-0.15, -0.1) is 0 Å². The Morgan fingerprint density at radius 2 is 0.440 bits per heavy atom. The average Bonchev–Trinajstić information content (AvgIpc) is 1.44. The van der Waals surface area contributed by atoms with Gasteiger partial charge in [-0.05, 0) is 5.56 Å². The lowest BCUT2D eigenvalue weighted by molar-refractivity contribution is -0.396. The van der Waals surface area contributed by atoms with Gasteiger partial charge >= 0.3 is 0 Å². The van der Waals surface area contributed by atoms with Crippen molar-refractivity contribution in [3.63, 3.8) is 0 Å². The Kier molecular flexibility index (Phi) is 23.0. The molecule has 21 aliphatic heterocycles. The quantitative estimate of drug-likeness (QED) is 0.103. The Labute approximate surface area is 481 Å². The van der Waals surface area contributed by atoms with E-state index in [0.717, 1.165) is 5.56 Å². The van der Waals surface area contributed by atoms with Gasteiger partial charge in [-0.25, -0.2) is 0 Å². The van der Waals surface area contributed by atoms with Gasteiger partial charge in [0, 0.05) is 11.5 Å². The highest BCUT2D eigenvalue weighted by atomic mass is 32.2. The molecule has 0 saturated carbocycles. The summed E-state index contributed by atoms with van der Waals surface area (Å²) in [5, 5.41) is 223. The Hall–Kier alpha value is -1.79. The average molecular weight is 1240 g/mol. The molecule has 1 aromatic carbocycles. The van der Waals surface area contributed by atoms with Crippen LogP contribution in [-0.4, -0.2) is 362 Å². The summed E-state index contributed by atoms with van der Waals surface area (Å²) in [5.74, 6) is 0.243. The lowest BCUT2D eigenvalue weighted by atomic mass is 9.95. The summed E-state index contributed by atoms with van der Waals surface area (Å²) in [6, 6.07) is 9.00. The van der Waals surface area contributed by atoms with Crippen LogP contribution in [0, 0.1) is 0 Å². The lowest BCUT2D eigenvalue weighted by Gasteiger charge is -2.50. The molecule has 14 bridgehead atoms. The monoisotopic (exact) mass is 1240 g/mol. The first-order valence-electron chi connectivity index (χ1n) is 27.1. The molecule has 482 valence electrons. The fraction of sp³-hybridized carbons (Fsp3) is 0.878. The number of rotatable bonds is 10. The third-order valence-corrected chi connectivity index (χ3v) is 17.1. The van der Waals surface area contributed by atoms with E-state index in [4.69, 9.17) is 66.3 Å². The summed E-state index contributed by atoms with van der Waals surface area (Å²) in [7, 11) is 0. The van der Waals surface area contributed by atoms with E-state index in [-0.39, 0.29) is 5.75 Å². The minimum absolute atomic E-state index is 0.0935. The van der Waals surface area contributed by atoms with Crippen molar-refractivity contribution in [1.82, 2.24) is 0 Å². The van der Waals surface area contributed by atoms with Crippen molar-refractivity contribution in [3.8, 4) is 0 Å². The molecular weight excluding hydrogens is 1160 g/mol. The summed E-state index contributed by atoms with van der Waals surface area (Å²) in [6.07, 6.45) is -68.9. The second kappa shape index (κ2) is 29.0. The number of benzene rings is 1. The molecule has 21 heterocycles. The second-order valence-corrected chi connectivity index (χ2v) is 22.5. The summed E-state index contributed by atoms with van der Waals surface area (Å²) < 4.78 is 81.5. The van der Waals surface area contributed by atoms with Crippen LogP contribution in [0.25, 0.3) is 0 Å². The van der Waals surface area contributed by atoms with Gasteiger partial charge in [-0.1, -0.05) is 30.3 Å². The van der Waals surface area contributed by atoms with Crippen molar-refractivity contribution in [3.05, 3.63) is 35.9 Å². The maximum atomic E-state index is 11.8. The van der Waals surface area contributed by atoms with Gasteiger partial charge in [0.25, 0.3) is 0 Å². The van der Waals surface area contributed by atoms with Gasteiger partial charge in [-0.2, -0.15) is 11.8 Å². The minimum Gasteiger partial charge on any atom is -0.394 e. The van der Waals surface area contributed by atoms with Crippen LogP contribution in [0.5, 0.6) is 0 Å². The van der Waals surface area contributed by atoms with Crippen LogP contribution >= 0.6 is 11.8 Å². The molecule has 35 heteroatoms. The smallest absolute Gasteiger partial charge is 0.187 e. The van der Waals surface area contributed by atoms with Gasteiger partial charge in [0.2, 0.25) is 0 Å². The van der Waals surface area contributed by atoms with Crippen molar-refractivity contribution < 1.29 is 168 Å². The number of hydrogen-bond donors (Lipinski definition) is 20. The number of thioether (sulfide) groups is 1. The zero-order valence-electron chi connectivity index (χ0n) is 44.3. The van der Waals surface area contributed by atoms with Crippen molar-refractivity contribution in [1.29, 1.82) is 0 Å². The summed E-state index contributed by atoms with van der Waals surface area (Å²) >= 11 is 1.23. The van der Waals surface area contributed by atoms with Crippen LogP contribution in [0.3, 0.4) is 0 Å². The predicted molar refractivity (Wildman–Crippen MR) is 264 cm³/mol. The predicted octanol–water partition coefficient (Wildman–Crippen LogP) is -12.3. The van der Waals surface area contributed by atoms with Crippen molar-refractivity contribution in [2.24, 2.45) is 0 Å². The molecule has 35 atom stereocenters. The molecule has 0 aromatic heterocycles. The fourth-order valence-corrected chi connectivity index (χ4v) is 12.3. The Balaban J connectivity index is 1.01. The maximum Gasteiger partial charge on any atom is 0.187 e. The first kappa shape index (κ1) is 66.6. The number of aliphatic hydroxyl groups is 20. The molecule has 21 saturated heterocycles. The van der Waals surface area contributed by atoms with Crippen LogP contribution in [0.4, 0.5) is 0 Å². The Bertz CT molecular complexity index is 2150. The third-order valence-electron chi connectivity index (χ3n) is 16.0. The van der Waals surface area contributed by atoms with E-state index >= 15 is 0 Å². The molecule has 21 aliphatic rings. The first-order valence-corrected chi connectivity index (χ1v) is 28.3. The second-order valence-electron chi connectivity index (χ2n) is 21.5. The summed E-state index contributed by atoms with van der Waals surface area (Å²) in [6.45, 7) is -6.17. The normalized spacial score (nSPS) is 51.7. The largest absolute Gasteiger partial charge is 0.394 e. The van der Waals surface area contributed by atoms with E-state index < -0.39 is 255 Å². The molecule has 0 amide bonds. The summed E-state index contributed by atoms with van der Waals surface area (Å²) in [5.41, 5.74) is 0.841. The van der Waals surface area contributed by atoms with Gasteiger partial charge in [0.05, 0.1) is 45.7 Å². The highest BCUT2D eigenvalue weighted by molar-refractivity contribution is 7.98. The van der Waals surface area contributed by atoms with E-state index in [9.17, 15) is 102 Å².